The fraction of sp³-hybridized carbons (Fsp3) is 0.550. The summed E-state index contributed by atoms with van der Waals surface area (Å²) < 4.78 is 37.2. The lowest BCUT2D eigenvalue weighted by Gasteiger charge is -2.28. The molecule has 1 N–H and O–H groups in total. The van der Waals surface area contributed by atoms with Crippen molar-refractivity contribution in [2.24, 2.45) is 5.92 Å². The molecule has 2 aromatic rings. The largest absolute Gasteiger partial charge is 0.433 e. The van der Waals surface area contributed by atoms with Crippen molar-refractivity contribution in [1.82, 2.24) is 14.8 Å². The van der Waals surface area contributed by atoms with Crippen LogP contribution >= 0.6 is 11.8 Å². The molecule has 0 radical (unpaired) electrons. The first kappa shape index (κ1) is 23.3. The van der Waals surface area contributed by atoms with Gasteiger partial charge in [-0.15, -0.1) is 10.2 Å². The maximum atomic E-state index is 12.7. The molecule has 1 atom stereocenters. The topological polar surface area (TPSA) is 81.5 Å². The standard InChI is InChI=1S/C20H27F2N5O3S/c1-13(2)12-27-19(26-8-10-29-11-9-26)24-25-20(27)31-14(3)17(28)23-15-6-4-5-7-16(15)30-18(21)22/h4-7,13-14,18H,8-12H2,1-3H3,(H,23,28). The maximum absolute atomic E-state index is 12.7. The molecule has 0 bridgehead atoms. The number of morpholine rings is 1. The number of hydrogen-bond acceptors (Lipinski definition) is 7. The Hall–Kier alpha value is -2.40. The van der Waals surface area contributed by atoms with Crippen molar-refractivity contribution in [3.63, 3.8) is 0 Å². The van der Waals surface area contributed by atoms with E-state index in [1.54, 1.807) is 19.1 Å². The molecule has 31 heavy (non-hydrogen) atoms. The number of hydrogen-bond donors (Lipinski definition) is 1. The molecule has 1 aromatic carbocycles. The number of carbonyl (C=O) groups excluding carboxylic acids is 1. The van der Waals surface area contributed by atoms with E-state index in [2.05, 4.69) is 39.0 Å². The first-order valence-electron chi connectivity index (χ1n) is 10.1. The van der Waals surface area contributed by atoms with E-state index < -0.39 is 11.9 Å². The molecule has 0 spiro atoms. The van der Waals surface area contributed by atoms with Crippen LogP contribution in [0.25, 0.3) is 0 Å². The number of ether oxygens (including phenoxy) is 2. The van der Waals surface area contributed by atoms with Gasteiger partial charge in [-0.2, -0.15) is 8.78 Å². The molecule has 170 valence electrons. The van der Waals surface area contributed by atoms with Gasteiger partial charge < -0.3 is 19.7 Å². The zero-order valence-electron chi connectivity index (χ0n) is 17.8. The second-order valence-electron chi connectivity index (χ2n) is 7.51. The Bertz CT molecular complexity index is 874. The first-order valence-corrected chi connectivity index (χ1v) is 11.0. The van der Waals surface area contributed by atoms with Crippen LogP contribution < -0.4 is 15.0 Å². The number of carbonyl (C=O) groups is 1. The van der Waals surface area contributed by atoms with Crippen molar-refractivity contribution in [1.29, 1.82) is 0 Å². The van der Waals surface area contributed by atoms with Crippen LogP contribution in [0.1, 0.15) is 20.8 Å². The average Bonchev–Trinajstić information content (AvgIpc) is 3.11. The summed E-state index contributed by atoms with van der Waals surface area (Å²) in [6.45, 7) is 6.42. The van der Waals surface area contributed by atoms with E-state index in [0.717, 1.165) is 19.0 Å². The minimum absolute atomic E-state index is 0.0828. The third kappa shape index (κ3) is 6.30. The van der Waals surface area contributed by atoms with E-state index in [1.807, 2.05) is 4.57 Å². The molecular formula is C20H27F2N5O3S. The monoisotopic (exact) mass is 455 g/mol. The van der Waals surface area contributed by atoms with Crippen LogP contribution in [0.2, 0.25) is 0 Å². The lowest BCUT2D eigenvalue weighted by molar-refractivity contribution is -0.115. The normalized spacial score (nSPS) is 15.4. The SMILES string of the molecule is CC(C)Cn1c(SC(C)C(=O)Nc2ccccc2OC(F)F)nnc1N1CCOCC1. The van der Waals surface area contributed by atoms with Crippen LogP contribution in [0, 0.1) is 5.92 Å². The molecule has 1 saturated heterocycles. The Kier molecular flexibility index (Phi) is 8.08. The van der Waals surface area contributed by atoms with Gasteiger partial charge in [0, 0.05) is 19.6 Å². The summed E-state index contributed by atoms with van der Waals surface area (Å²) in [5, 5.41) is 11.4. The molecule has 1 amide bonds. The second-order valence-corrected chi connectivity index (χ2v) is 8.82. The zero-order valence-corrected chi connectivity index (χ0v) is 18.6. The molecule has 0 saturated carbocycles. The number of halogens is 2. The predicted octanol–water partition coefficient (Wildman–Crippen LogP) is 3.49. The molecule has 1 aliphatic rings. The van der Waals surface area contributed by atoms with Gasteiger partial charge in [-0.3, -0.25) is 9.36 Å². The van der Waals surface area contributed by atoms with Crippen LogP contribution in [0.3, 0.4) is 0 Å². The summed E-state index contributed by atoms with van der Waals surface area (Å²) in [5.41, 5.74) is 0.193. The number of benzene rings is 1. The summed E-state index contributed by atoms with van der Waals surface area (Å²) in [7, 11) is 0. The van der Waals surface area contributed by atoms with Crippen LogP contribution in [-0.2, 0) is 16.1 Å². The lowest BCUT2D eigenvalue weighted by Crippen LogP contribution is -2.38. The van der Waals surface area contributed by atoms with Crippen LogP contribution in [-0.4, -0.2) is 58.8 Å². The highest BCUT2D eigenvalue weighted by Gasteiger charge is 2.25. The van der Waals surface area contributed by atoms with Crippen molar-refractivity contribution in [3.05, 3.63) is 24.3 Å². The Balaban J connectivity index is 1.73. The Labute approximate surface area is 184 Å². The van der Waals surface area contributed by atoms with Crippen molar-refractivity contribution >= 4 is 29.3 Å². The average molecular weight is 456 g/mol. The molecule has 3 rings (SSSR count). The third-order valence-electron chi connectivity index (χ3n) is 4.55. The number of nitrogens with one attached hydrogen (secondary N) is 1. The number of alkyl halides is 2. The smallest absolute Gasteiger partial charge is 0.387 e. The molecule has 1 aliphatic heterocycles. The van der Waals surface area contributed by atoms with E-state index in [0.29, 0.717) is 30.8 Å². The van der Waals surface area contributed by atoms with Crippen LogP contribution in [0.4, 0.5) is 20.4 Å². The van der Waals surface area contributed by atoms with Gasteiger partial charge in [-0.05, 0) is 25.0 Å². The van der Waals surface area contributed by atoms with Gasteiger partial charge in [0.15, 0.2) is 5.16 Å². The minimum atomic E-state index is -2.97. The van der Waals surface area contributed by atoms with Gasteiger partial charge in [-0.25, -0.2) is 0 Å². The zero-order chi connectivity index (χ0) is 22.4. The van der Waals surface area contributed by atoms with Gasteiger partial charge in [0.05, 0.1) is 24.2 Å². The number of aromatic nitrogens is 3. The van der Waals surface area contributed by atoms with Gasteiger partial charge in [0.1, 0.15) is 5.75 Å². The molecule has 11 heteroatoms. The van der Waals surface area contributed by atoms with E-state index in [1.165, 1.54) is 23.9 Å². The van der Waals surface area contributed by atoms with E-state index in [4.69, 9.17) is 4.74 Å². The third-order valence-corrected chi connectivity index (χ3v) is 5.63. The quantitative estimate of drug-likeness (QED) is 0.580. The van der Waals surface area contributed by atoms with Gasteiger partial charge in [0.2, 0.25) is 11.9 Å². The fourth-order valence-electron chi connectivity index (χ4n) is 3.11. The number of thioether (sulfide) groups is 1. The molecule has 1 aromatic heterocycles. The number of para-hydroxylation sites is 2. The van der Waals surface area contributed by atoms with Crippen molar-refractivity contribution < 1.29 is 23.0 Å². The number of anilines is 2. The predicted molar refractivity (Wildman–Crippen MR) is 115 cm³/mol. The molecule has 0 aliphatic carbocycles. The summed E-state index contributed by atoms with van der Waals surface area (Å²) in [5.74, 6) is 0.698. The molecular weight excluding hydrogens is 428 g/mol. The Morgan fingerprint density at radius 2 is 1.94 bits per heavy atom. The second kappa shape index (κ2) is 10.8. The van der Waals surface area contributed by atoms with E-state index in [-0.39, 0.29) is 17.3 Å². The highest BCUT2D eigenvalue weighted by molar-refractivity contribution is 8.00. The maximum Gasteiger partial charge on any atom is 0.387 e. The summed E-state index contributed by atoms with van der Waals surface area (Å²) in [6, 6.07) is 6.10. The van der Waals surface area contributed by atoms with Crippen molar-refractivity contribution in [2.75, 3.05) is 36.5 Å². The molecule has 2 heterocycles. The summed E-state index contributed by atoms with van der Waals surface area (Å²) >= 11 is 1.27. The molecule has 1 unspecified atom stereocenters. The highest BCUT2D eigenvalue weighted by atomic mass is 32.2. The number of amides is 1. The van der Waals surface area contributed by atoms with Gasteiger partial charge >= 0.3 is 6.61 Å². The molecule has 1 fully saturated rings. The van der Waals surface area contributed by atoms with Crippen LogP contribution in [0.15, 0.2) is 29.4 Å². The van der Waals surface area contributed by atoms with Gasteiger partial charge in [-0.1, -0.05) is 37.7 Å². The van der Waals surface area contributed by atoms with Crippen LogP contribution in [0.5, 0.6) is 5.75 Å². The van der Waals surface area contributed by atoms with Gasteiger partial charge in [0.25, 0.3) is 0 Å². The summed E-state index contributed by atoms with van der Waals surface area (Å²) in [6.07, 6.45) is 0. The number of nitrogens with zero attached hydrogens (tertiary/aromatic N) is 4. The minimum Gasteiger partial charge on any atom is -0.433 e. The van der Waals surface area contributed by atoms with E-state index in [9.17, 15) is 13.6 Å². The molecule has 8 nitrogen and oxygen atoms in total. The van der Waals surface area contributed by atoms with Crippen molar-refractivity contribution in [3.8, 4) is 5.75 Å². The lowest BCUT2D eigenvalue weighted by atomic mass is 10.2. The first-order chi connectivity index (χ1) is 14.8. The van der Waals surface area contributed by atoms with E-state index >= 15 is 0 Å². The Morgan fingerprint density at radius 1 is 1.23 bits per heavy atom. The Morgan fingerprint density at radius 3 is 2.61 bits per heavy atom. The summed E-state index contributed by atoms with van der Waals surface area (Å²) in [4.78, 5) is 14.9. The number of rotatable bonds is 9. The fourth-order valence-corrected chi connectivity index (χ4v) is 3.96. The highest BCUT2D eigenvalue weighted by Crippen LogP contribution is 2.30. The van der Waals surface area contributed by atoms with Crippen molar-refractivity contribution in [2.45, 2.75) is 44.3 Å².